The van der Waals surface area contributed by atoms with Crippen molar-refractivity contribution in [1.29, 1.82) is 0 Å². The molecule has 1 saturated heterocycles. The first-order valence-electron chi connectivity index (χ1n) is 8.59. The van der Waals surface area contributed by atoms with Crippen LogP contribution in [0.1, 0.15) is 38.8 Å². The van der Waals surface area contributed by atoms with Gasteiger partial charge < -0.3 is 10.4 Å². The van der Waals surface area contributed by atoms with E-state index in [1.165, 1.54) is 11.1 Å². The van der Waals surface area contributed by atoms with E-state index >= 15 is 0 Å². The van der Waals surface area contributed by atoms with Gasteiger partial charge in [0.25, 0.3) is 0 Å². The number of amides is 1. The fourth-order valence-electron chi connectivity index (χ4n) is 3.96. The Morgan fingerprint density at radius 2 is 2.17 bits per heavy atom. The fourth-order valence-corrected chi connectivity index (χ4v) is 3.96. The third-order valence-electron chi connectivity index (χ3n) is 5.45. The van der Waals surface area contributed by atoms with Crippen LogP contribution in [-0.2, 0) is 6.54 Å². The van der Waals surface area contributed by atoms with E-state index < -0.39 is 6.09 Å². The summed E-state index contributed by atoms with van der Waals surface area (Å²) in [6.45, 7) is 13.2. The van der Waals surface area contributed by atoms with Crippen molar-refractivity contribution < 1.29 is 14.4 Å². The topological polar surface area (TPSA) is 65.5 Å². The molecule has 0 saturated carbocycles. The smallest absolute Gasteiger partial charge is 0.435 e. The van der Waals surface area contributed by atoms with Crippen LogP contribution in [0.2, 0.25) is 0 Å². The molecular formula is C18H31N4O2+. The van der Waals surface area contributed by atoms with Crippen molar-refractivity contribution >= 4 is 11.9 Å². The molecule has 2 atom stereocenters. The molecule has 2 rings (SSSR count). The molecule has 6 nitrogen and oxygen atoms in total. The molecule has 1 aliphatic rings. The molecule has 0 aliphatic carbocycles. The maximum atomic E-state index is 12.1. The van der Waals surface area contributed by atoms with Crippen molar-refractivity contribution in [2.75, 3.05) is 32.0 Å². The normalized spacial score (nSPS) is 25.5. The minimum atomic E-state index is -0.717. The summed E-state index contributed by atoms with van der Waals surface area (Å²) in [6, 6.07) is 2.09. The molecule has 1 fully saturated rings. The predicted octanol–water partition coefficient (Wildman–Crippen LogP) is 2.93. The maximum Gasteiger partial charge on any atom is 0.514 e. The summed E-state index contributed by atoms with van der Waals surface area (Å²) in [7, 11) is 1.86. The monoisotopic (exact) mass is 335 g/mol. The van der Waals surface area contributed by atoms with Gasteiger partial charge >= 0.3 is 6.09 Å². The number of aryl methyl sites for hydroxylation is 1. The predicted molar refractivity (Wildman–Crippen MR) is 96.2 cm³/mol. The molecule has 2 heterocycles. The van der Waals surface area contributed by atoms with Crippen LogP contribution in [0.25, 0.3) is 0 Å². The highest BCUT2D eigenvalue weighted by Crippen LogP contribution is 2.32. The van der Waals surface area contributed by atoms with Crippen LogP contribution in [0.4, 0.5) is 10.6 Å². The Labute approximate surface area is 145 Å². The quantitative estimate of drug-likeness (QED) is 0.832. The van der Waals surface area contributed by atoms with Gasteiger partial charge in [-0.05, 0) is 51.8 Å². The van der Waals surface area contributed by atoms with Crippen molar-refractivity contribution in [3.63, 3.8) is 0 Å². The molecule has 2 N–H and O–H groups in total. The summed E-state index contributed by atoms with van der Waals surface area (Å²) < 4.78 is 0.124. The van der Waals surface area contributed by atoms with Crippen LogP contribution in [0, 0.1) is 6.92 Å². The first-order valence-corrected chi connectivity index (χ1v) is 8.59. The van der Waals surface area contributed by atoms with Gasteiger partial charge in [-0.2, -0.15) is 4.79 Å². The Hall–Kier alpha value is -1.66. The largest absolute Gasteiger partial charge is 0.514 e. The number of nitrogens with one attached hydrogen (secondary N) is 1. The molecule has 1 aromatic rings. The van der Waals surface area contributed by atoms with E-state index in [-0.39, 0.29) is 16.1 Å². The van der Waals surface area contributed by atoms with Gasteiger partial charge in [0.15, 0.2) is 0 Å². The molecule has 0 aromatic carbocycles. The second kappa shape index (κ2) is 6.69. The molecule has 1 aliphatic heterocycles. The first-order chi connectivity index (χ1) is 11.1. The van der Waals surface area contributed by atoms with Crippen LogP contribution >= 0.6 is 0 Å². The van der Waals surface area contributed by atoms with E-state index in [4.69, 9.17) is 0 Å². The SMILES string of the molecule is CNc1cc(C)c(CN2CC[N+](C(=O)O)(C(C)(C)C)[C@@H](C)C2)cn1. The Morgan fingerprint density at radius 1 is 1.50 bits per heavy atom. The second-order valence-electron chi connectivity index (χ2n) is 7.88. The van der Waals surface area contributed by atoms with Gasteiger partial charge in [-0.1, -0.05) is 0 Å². The number of hydrogen-bond acceptors (Lipinski definition) is 4. The molecule has 0 spiro atoms. The summed E-state index contributed by atoms with van der Waals surface area (Å²) in [4.78, 5) is 18.8. The average molecular weight is 335 g/mol. The van der Waals surface area contributed by atoms with Gasteiger partial charge in [0.05, 0.1) is 6.54 Å². The Balaban J connectivity index is 2.15. The fraction of sp³-hybridized carbons (Fsp3) is 0.667. The summed E-state index contributed by atoms with van der Waals surface area (Å²) in [5.41, 5.74) is 2.10. The molecule has 134 valence electrons. The average Bonchev–Trinajstić information content (AvgIpc) is 2.47. The molecule has 0 radical (unpaired) electrons. The molecule has 1 amide bonds. The van der Waals surface area contributed by atoms with Crippen molar-refractivity contribution in [3.8, 4) is 0 Å². The summed E-state index contributed by atoms with van der Waals surface area (Å²) >= 11 is 0. The zero-order valence-corrected chi connectivity index (χ0v) is 15.8. The lowest BCUT2D eigenvalue weighted by Crippen LogP contribution is -2.73. The number of piperazine rings is 1. The molecule has 1 aromatic heterocycles. The van der Waals surface area contributed by atoms with Crippen molar-refractivity contribution in [2.45, 2.75) is 52.7 Å². The zero-order chi connectivity index (χ0) is 18.1. The summed E-state index contributed by atoms with van der Waals surface area (Å²) in [5.74, 6) is 0.873. The lowest BCUT2D eigenvalue weighted by Gasteiger charge is -2.52. The number of nitrogens with zero attached hydrogens (tertiary/aromatic N) is 3. The molecule has 24 heavy (non-hydrogen) atoms. The Bertz CT molecular complexity index is 612. The number of hydrogen-bond donors (Lipinski definition) is 2. The highest BCUT2D eigenvalue weighted by atomic mass is 16.4. The lowest BCUT2D eigenvalue weighted by atomic mass is 9.95. The van der Waals surface area contributed by atoms with E-state index in [1.807, 2.05) is 34.0 Å². The van der Waals surface area contributed by atoms with Crippen LogP contribution in [-0.4, -0.2) is 63.8 Å². The van der Waals surface area contributed by atoms with Crippen molar-refractivity contribution in [1.82, 2.24) is 9.88 Å². The molecule has 6 heteroatoms. The number of rotatable bonds is 3. The van der Waals surface area contributed by atoms with Gasteiger partial charge in [-0.3, -0.25) is 4.90 Å². The number of carboxylic acid groups (broad SMARTS) is 1. The molecular weight excluding hydrogens is 304 g/mol. The highest BCUT2D eigenvalue weighted by molar-refractivity contribution is 5.58. The Kier molecular flexibility index (Phi) is 5.20. The van der Waals surface area contributed by atoms with Crippen molar-refractivity contribution in [2.24, 2.45) is 0 Å². The number of pyridine rings is 1. The molecule has 1 unspecified atom stereocenters. The van der Waals surface area contributed by atoms with Crippen LogP contribution in [0.15, 0.2) is 12.3 Å². The Morgan fingerprint density at radius 3 is 2.62 bits per heavy atom. The third-order valence-corrected chi connectivity index (χ3v) is 5.45. The third kappa shape index (κ3) is 3.26. The standard InChI is InChI=1S/C18H30N4O2/c1-13-9-16(19-6)20-10-15(13)12-21-7-8-22(17(23)24,14(2)11-21)18(3,4)5/h9-10,14H,7-8,11-12H2,1-6H3,(H-,19,20,23,24)/p+1/t14-,22?/m0/s1. The lowest BCUT2D eigenvalue weighted by molar-refractivity contribution is -0.929. The van der Waals surface area contributed by atoms with E-state index in [1.54, 1.807) is 0 Å². The summed E-state index contributed by atoms with van der Waals surface area (Å²) in [6.07, 6.45) is 1.20. The number of quaternary nitrogens is 1. The van der Waals surface area contributed by atoms with Gasteiger partial charge in [0, 0.05) is 26.3 Å². The summed E-state index contributed by atoms with van der Waals surface area (Å²) in [5, 5.41) is 13.0. The van der Waals surface area contributed by atoms with E-state index in [2.05, 4.69) is 35.1 Å². The van der Waals surface area contributed by atoms with E-state index in [0.717, 1.165) is 25.5 Å². The van der Waals surface area contributed by atoms with Gasteiger partial charge in [-0.25, -0.2) is 9.47 Å². The van der Waals surface area contributed by atoms with E-state index in [9.17, 15) is 9.90 Å². The van der Waals surface area contributed by atoms with Crippen LogP contribution in [0.5, 0.6) is 0 Å². The first kappa shape index (κ1) is 18.7. The van der Waals surface area contributed by atoms with E-state index in [0.29, 0.717) is 6.54 Å². The second-order valence-corrected chi connectivity index (χ2v) is 7.88. The van der Waals surface area contributed by atoms with Gasteiger partial charge in [-0.15, -0.1) is 0 Å². The molecule has 0 bridgehead atoms. The number of anilines is 1. The number of aromatic nitrogens is 1. The van der Waals surface area contributed by atoms with Crippen LogP contribution in [0.3, 0.4) is 0 Å². The van der Waals surface area contributed by atoms with Crippen LogP contribution < -0.4 is 5.32 Å². The highest BCUT2D eigenvalue weighted by Gasteiger charge is 2.54. The van der Waals surface area contributed by atoms with Crippen molar-refractivity contribution in [3.05, 3.63) is 23.4 Å². The maximum absolute atomic E-state index is 12.1. The minimum absolute atomic E-state index is 0.0427. The zero-order valence-electron chi connectivity index (χ0n) is 15.8. The van der Waals surface area contributed by atoms with Gasteiger partial charge in [0.2, 0.25) is 0 Å². The van der Waals surface area contributed by atoms with Gasteiger partial charge in [0.1, 0.15) is 23.9 Å². The minimum Gasteiger partial charge on any atom is -0.435 e. The number of carbonyl (C=O) groups is 1.